The summed E-state index contributed by atoms with van der Waals surface area (Å²) in [5, 5.41) is 0.627. The summed E-state index contributed by atoms with van der Waals surface area (Å²) in [5.74, 6) is 4.25. The molecule has 0 aromatic carbocycles. The van der Waals surface area contributed by atoms with Gasteiger partial charge in [0.15, 0.2) is 0 Å². The highest BCUT2D eigenvalue weighted by molar-refractivity contribution is 14.1. The Labute approximate surface area is 125 Å². The van der Waals surface area contributed by atoms with Crippen molar-refractivity contribution in [2.45, 2.75) is 38.4 Å². The van der Waals surface area contributed by atoms with Crippen molar-refractivity contribution in [2.24, 2.45) is 5.92 Å². The first-order valence-electron chi connectivity index (χ1n) is 5.87. The Kier molecular flexibility index (Phi) is 4.95. The third kappa shape index (κ3) is 3.96. The first-order chi connectivity index (χ1) is 8.08. The van der Waals surface area contributed by atoms with Crippen molar-refractivity contribution in [3.63, 3.8) is 0 Å². The Balaban J connectivity index is 2.07. The van der Waals surface area contributed by atoms with Gasteiger partial charge in [-0.2, -0.15) is 11.8 Å². The van der Waals surface area contributed by atoms with Crippen LogP contribution in [0.1, 0.15) is 44.1 Å². The van der Waals surface area contributed by atoms with Crippen LogP contribution in [0, 0.1) is 9.49 Å². The molecule has 0 saturated heterocycles. The maximum Gasteiger partial charge on any atom is 0.146 e. The summed E-state index contributed by atoms with van der Waals surface area (Å²) < 4.78 is 1.05. The van der Waals surface area contributed by atoms with Gasteiger partial charge >= 0.3 is 0 Å². The van der Waals surface area contributed by atoms with Gasteiger partial charge in [-0.15, -0.1) is 0 Å². The third-order valence-electron chi connectivity index (χ3n) is 2.53. The van der Waals surface area contributed by atoms with E-state index in [9.17, 15) is 0 Å². The Hall–Kier alpha value is 0.450. The summed E-state index contributed by atoms with van der Waals surface area (Å²) in [4.78, 5) is 9.03. The van der Waals surface area contributed by atoms with Crippen molar-refractivity contribution in [1.82, 2.24) is 9.97 Å². The second-order valence-electron chi connectivity index (χ2n) is 4.81. The topological polar surface area (TPSA) is 25.8 Å². The van der Waals surface area contributed by atoms with Gasteiger partial charge in [-0.05, 0) is 47.1 Å². The van der Waals surface area contributed by atoms with Crippen LogP contribution in [0.5, 0.6) is 0 Å². The van der Waals surface area contributed by atoms with Crippen LogP contribution < -0.4 is 0 Å². The van der Waals surface area contributed by atoms with E-state index in [0.717, 1.165) is 20.9 Å². The molecule has 0 radical (unpaired) electrons. The van der Waals surface area contributed by atoms with Gasteiger partial charge in [-0.3, -0.25) is 0 Å². The minimum Gasteiger partial charge on any atom is -0.236 e. The number of aromatic nitrogens is 2. The fourth-order valence-corrected chi connectivity index (χ4v) is 3.34. The molecule has 0 aliphatic heterocycles. The van der Waals surface area contributed by atoms with Crippen LogP contribution in [-0.2, 0) is 5.75 Å². The summed E-state index contributed by atoms with van der Waals surface area (Å²) in [7, 11) is 0. The van der Waals surface area contributed by atoms with Crippen LogP contribution in [0.4, 0.5) is 0 Å². The molecular formula is C12H16ClIN2S. The number of hydrogen-bond acceptors (Lipinski definition) is 3. The van der Waals surface area contributed by atoms with Crippen molar-refractivity contribution in [2.75, 3.05) is 5.75 Å². The normalized spacial score (nSPS) is 15.6. The monoisotopic (exact) mass is 382 g/mol. The van der Waals surface area contributed by atoms with Crippen molar-refractivity contribution in [3.05, 3.63) is 20.2 Å². The molecule has 0 N–H and O–H groups in total. The molecule has 0 spiro atoms. The number of nitrogens with zero attached hydrogens (tertiary/aromatic N) is 2. The SMILES string of the molecule is CC(C)CSCc1nc(Cl)c(I)c(C2CC2)n1. The lowest BCUT2D eigenvalue weighted by atomic mass is 10.3. The van der Waals surface area contributed by atoms with Gasteiger partial charge in [0.2, 0.25) is 0 Å². The lowest BCUT2D eigenvalue weighted by molar-refractivity contribution is 0.749. The molecule has 0 atom stereocenters. The molecule has 1 aliphatic rings. The highest BCUT2D eigenvalue weighted by Gasteiger charge is 2.29. The quantitative estimate of drug-likeness (QED) is 0.554. The maximum absolute atomic E-state index is 6.16. The molecule has 2 rings (SSSR count). The first kappa shape index (κ1) is 13.9. The van der Waals surface area contributed by atoms with Crippen molar-refractivity contribution in [3.8, 4) is 0 Å². The molecule has 94 valence electrons. The van der Waals surface area contributed by atoms with Gasteiger partial charge in [0.05, 0.1) is 15.0 Å². The predicted octanol–water partition coefficient (Wildman–Crippen LogP) is 4.50. The van der Waals surface area contributed by atoms with Crippen LogP contribution in [0.3, 0.4) is 0 Å². The molecule has 1 heterocycles. The Morgan fingerprint density at radius 1 is 1.41 bits per heavy atom. The summed E-state index contributed by atoms with van der Waals surface area (Å²) in [5.41, 5.74) is 1.17. The molecule has 1 aliphatic carbocycles. The summed E-state index contributed by atoms with van der Waals surface area (Å²) in [6, 6.07) is 0. The maximum atomic E-state index is 6.16. The number of rotatable bonds is 5. The molecule has 0 bridgehead atoms. The van der Waals surface area contributed by atoms with Crippen LogP contribution in [0.15, 0.2) is 0 Å². The summed E-state index contributed by atoms with van der Waals surface area (Å²) in [6.45, 7) is 4.45. The van der Waals surface area contributed by atoms with E-state index in [2.05, 4.69) is 46.4 Å². The lowest BCUT2D eigenvalue weighted by Crippen LogP contribution is -2.02. The number of halogens is 2. The first-order valence-corrected chi connectivity index (χ1v) is 8.48. The van der Waals surface area contributed by atoms with E-state index in [1.54, 1.807) is 0 Å². The van der Waals surface area contributed by atoms with Crippen molar-refractivity contribution in [1.29, 1.82) is 0 Å². The van der Waals surface area contributed by atoms with E-state index in [0.29, 0.717) is 17.0 Å². The lowest BCUT2D eigenvalue weighted by Gasteiger charge is -2.08. The molecule has 1 fully saturated rings. The summed E-state index contributed by atoms with van der Waals surface area (Å²) in [6.07, 6.45) is 2.50. The fraction of sp³-hybridized carbons (Fsp3) is 0.667. The molecule has 17 heavy (non-hydrogen) atoms. The zero-order chi connectivity index (χ0) is 12.4. The number of hydrogen-bond donors (Lipinski definition) is 0. The highest BCUT2D eigenvalue weighted by atomic mass is 127. The van der Waals surface area contributed by atoms with E-state index < -0.39 is 0 Å². The van der Waals surface area contributed by atoms with Crippen molar-refractivity contribution < 1.29 is 0 Å². The van der Waals surface area contributed by atoms with E-state index >= 15 is 0 Å². The zero-order valence-corrected chi connectivity index (χ0v) is 13.8. The third-order valence-corrected chi connectivity index (χ3v) is 5.55. The average Bonchev–Trinajstić information content (AvgIpc) is 3.06. The van der Waals surface area contributed by atoms with Gasteiger partial charge in [0, 0.05) is 5.92 Å². The van der Waals surface area contributed by atoms with Gasteiger partial charge in [-0.1, -0.05) is 25.4 Å². The molecule has 5 heteroatoms. The van der Waals surface area contributed by atoms with E-state index in [1.165, 1.54) is 18.5 Å². The minimum atomic E-state index is 0.627. The van der Waals surface area contributed by atoms with Gasteiger partial charge < -0.3 is 0 Å². The highest BCUT2D eigenvalue weighted by Crippen LogP contribution is 2.42. The second-order valence-corrected chi connectivity index (χ2v) is 7.28. The zero-order valence-electron chi connectivity index (χ0n) is 10.0. The smallest absolute Gasteiger partial charge is 0.146 e. The largest absolute Gasteiger partial charge is 0.236 e. The molecule has 0 unspecified atom stereocenters. The molecule has 1 aromatic rings. The van der Waals surface area contributed by atoms with Crippen LogP contribution in [0.25, 0.3) is 0 Å². The predicted molar refractivity (Wildman–Crippen MR) is 82.7 cm³/mol. The standard InChI is InChI=1S/C12H16ClIN2S/c1-7(2)5-17-6-9-15-11(8-3-4-8)10(14)12(13)16-9/h7-8H,3-6H2,1-2H3. The molecule has 1 saturated carbocycles. The molecule has 1 aromatic heterocycles. The van der Waals surface area contributed by atoms with E-state index in [4.69, 9.17) is 11.6 Å². The van der Waals surface area contributed by atoms with E-state index in [-0.39, 0.29) is 0 Å². The van der Waals surface area contributed by atoms with Gasteiger partial charge in [-0.25, -0.2) is 9.97 Å². The fourth-order valence-electron chi connectivity index (χ4n) is 1.56. The van der Waals surface area contributed by atoms with Crippen molar-refractivity contribution >= 4 is 46.0 Å². The molecular weight excluding hydrogens is 367 g/mol. The average molecular weight is 383 g/mol. The van der Waals surface area contributed by atoms with Gasteiger partial charge in [0.1, 0.15) is 11.0 Å². The minimum absolute atomic E-state index is 0.627. The molecule has 0 amide bonds. The van der Waals surface area contributed by atoms with Crippen LogP contribution in [-0.4, -0.2) is 15.7 Å². The Morgan fingerprint density at radius 3 is 2.71 bits per heavy atom. The van der Waals surface area contributed by atoms with E-state index in [1.807, 2.05) is 11.8 Å². The molecule has 2 nitrogen and oxygen atoms in total. The van der Waals surface area contributed by atoms with Crippen LogP contribution >= 0.6 is 46.0 Å². The van der Waals surface area contributed by atoms with Gasteiger partial charge in [0.25, 0.3) is 0 Å². The second kappa shape index (κ2) is 6.06. The summed E-state index contributed by atoms with van der Waals surface area (Å²) >= 11 is 10.3. The Bertz CT molecular complexity index is 408. The van der Waals surface area contributed by atoms with Crippen LogP contribution in [0.2, 0.25) is 5.15 Å². The Morgan fingerprint density at radius 2 is 2.12 bits per heavy atom. The number of thioether (sulfide) groups is 1.